The van der Waals surface area contributed by atoms with Gasteiger partial charge < -0.3 is 14.9 Å². The molecule has 0 saturated heterocycles. The van der Waals surface area contributed by atoms with Crippen LogP contribution in [-0.4, -0.2) is 28.8 Å². The summed E-state index contributed by atoms with van der Waals surface area (Å²) in [4.78, 5) is 24.8. The molecule has 1 aliphatic rings. The highest BCUT2D eigenvalue weighted by Crippen LogP contribution is 2.39. The molecule has 1 unspecified atom stereocenters. The Bertz CT molecular complexity index is 723. The van der Waals surface area contributed by atoms with Crippen LogP contribution >= 0.6 is 0 Å². The van der Waals surface area contributed by atoms with Crippen molar-refractivity contribution in [1.29, 1.82) is 0 Å². The van der Waals surface area contributed by atoms with Gasteiger partial charge in [0.1, 0.15) is 17.3 Å². The van der Waals surface area contributed by atoms with Crippen molar-refractivity contribution in [1.82, 2.24) is 9.97 Å². The van der Waals surface area contributed by atoms with Crippen LogP contribution in [0.15, 0.2) is 27.8 Å². The van der Waals surface area contributed by atoms with Crippen molar-refractivity contribution in [3.63, 3.8) is 0 Å². The molecule has 114 valence electrons. The lowest BCUT2D eigenvalue weighted by Gasteiger charge is -2.11. The highest BCUT2D eigenvalue weighted by molar-refractivity contribution is 6.02. The van der Waals surface area contributed by atoms with E-state index in [9.17, 15) is 4.79 Å². The van der Waals surface area contributed by atoms with Gasteiger partial charge in [-0.25, -0.2) is 9.97 Å². The third-order valence-corrected chi connectivity index (χ3v) is 3.14. The van der Waals surface area contributed by atoms with E-state index in [1.807, 2.05) is 13.8 Å². The summed E-state index contributed by atoms with van der Waals surface area (Å²) >= 11 is 0. The SMILES string of the molecule is CC(C)COC(=O)C1C=Nc2c(-c3ccco3)nc(N)nc21. The highest BCUT2D eigenvalue weighted by atomic mass is 16.5. The number of aromatic nitrogens is 2. The minimum Gasteiger partial charge on any atom is -0.465 e. The van der Waals surface area contributed by atoms with Crippen LogP contribution in [0.5, 0.6) is 0 Å². The number of carbonyl (C=O) groups is 1. The number of hydrogen-bond donors (Lipinski definition) is 1. The van der Waals surface area contributed by atoms with Gasteiger partial charge in [-0.05, 0) is 18.1 Å². The van der Waals surface area contributed by atoms with Gasteiger partial charge in [0.15, 0.2) is 5.76 Å². The molecule has 0 amide bonds. The molecule has 0 spiro atoms. The first-order valence-corrected chi connectivity index (χ1v) is 6.98. The monoisotopic (exact) mass is 300 g/mol. The summed E-state index contributed by atoms with van der Waals surface area (Å²) in [6.45, 7) is 4.29. The minimum atomic E-state index is -0.659. The smallest absolute Gasteiger partial charge is 0.320 e. The molecule has 2 N–H and O–H groups in total. The zero-order valence-electron chi connectivity index (χ0n) is 12.3. The van der Waals surface area contributed by atoms with Gasteiger partial charge in [0.25, 0.3) is 0 Å². The number of anilines is 1. The topological polar surface area (TPSA) is 104 Å². The van der Waals surface area contributed by atoms with E-state index in [4.69, 9.17) is 14.9 Å². The Balaban J connectivity index is 1.95. The number of carbonyl (C=O) groups excluding carboxylic acids is 1. The normalized spacial score (nSPS) is 16.0. The zero-order valence-corrected chi connectivity index (χ0v) is 12.3. The predicted octanol–water partition coefficient (Wildman–Crippen LogP) is 2.32. The molecule has 0 fully saturated rings. The predicted molar refractivity (Wildman–Crippen MR) is 80.8 cm³/mol. The molecule has 7 nitrogen and oxygen atoms in total. The van der Waals surface area contributed by atoms with Crippen LogP contribution in [-0.2, 0) is 9.53 Å². The second-order valence-corrected chi connectivity index (χ2v) is 5.42. The van der Waals surface area contributed by atoms with E-state index in [0.29, 0.717) is 29.4 Å². The molecule has 2 aromatic rings. The van der Waals surface area contributed by atoms with Crippen molar-refractivity contribution >= 4 is 23.8 Å². The van der Waals surface area contributed by atoms with Crippen LogP contribution in [0.3, 0.4) is 0 Å². The Hall–Kier alpha value is -2.70. The Labute approximate surface area is 127 Å². The molecule has 3 rings (SSSR count). The van der Waals surface area contributed by atoms with Gasteiger partial charge >= 0.3 is 5.97 Å². The quantitative estimate of drug-likeness (QED) is 0.869. The maximum absolute atomic E-state index is 12.2. The fourth-order valence-electron chi connectivity index (χ4n) is 2.15. The number of rotatable bonds is 4. The molecule has 2 aromatic heterocycles. The molecule has 0 saturated carbocycles. The number of esters is 1. The fraction of sp³-hybridized carbons (Fsp3) is 0.333. The summed E-state index contributed by atoms with van der Waals surface area (Å²) in [5.74, 6) is -0.195. The number of nitrogens with two attached hydrogens (primary N) is 1. The standard InChI is InChI=1S/C15H16N4O3/c1-8(2)7-22-14(20)9-6-17-13-11(9)18-15(16)19-12(13)10-4-3-5-21-10/h3-6,8-9H,7H2,1-2H3,(H2,16,18,19). The summed E-state index contributed by atoms with van der Waals surface area (Å²) in [6, 6.07) is 3.50. The van der Waals surface area contributed by atoms with E-state index in [-0.39, 0.29) is 17.8 Å². The zero-order chi connectivity index (χ0) is 15.7. The van der Waals surface area contributed by atoms with E-state index < -0.39 is 5.92 Å². The van der Waals surface area contributed by atoms with Gasteiger partial charge in [-0.1, -0.05) is 13.8 Å². The lowest BCUT2D eigenvalue weighted by Crippen LogP contribution is -2.19. The molecule has 0 radical (unpaired) electrons. The Morgan fingerprint density at radius 1 is 1.45 bits per heavy atom. The van der Waals surface area contributed by atoms with Crippen LogP contribution in [0.1, 0.15) is 25.5 Å². The molecule has 0 bridgehead atoms. The van der Waals surface area contributed by atoms with Gasteiger partial charge in [-0.3, -0.25) is 9.79 Å². The van der Waals surface area contributed by atoms with Crippen molar-refractivity contribution in [3.05, 3.63) is 24.1 Å². The molecule has 0 aromatic carbocycles. The third kappa shape index (κ3) is 2.57. The van der Waals surface area contributed by atoms with E-state index in [1.54, 1.807) is 12.1 Å². The fourth-order valence-corrected chi connectivity index (χ4v) is 2.15. The van der Waals surface area contributed by atoms with Crippen LogP contribution in [0, 0.1) is 5.92 Å². The van der Waals surface area contributed by atoms with Crippen molar-refractivity contribution in [2.24, 2.45) is 10.9 Å². The number of hydrogen-bond acceptors (Lipinski definition) is 7. The average Bonchev–Trinajstić information content (AvgIpc) is 3.13. The summed E-state index contributed by atoms with van der Waals surface area (Å²) in [6.07, 6.45) is 3.04. The van der Waals surface area contributed by atoms with Gasteiger partial charge in [0.2, 0.25) is 5.95 Å². The molecule has 1 atom stereocenters. The summed E-state index contributed by atoms with van der Waals surface area (Å²) in [5.41, 5.74) is 7.17. The highest BCUT2D eigenvalue weighted by Gasteiger charge is 2.32. The lowest BCUT2D eigenvalue weighted by atomic mass is 10.1. The van der Waals surface area contributed by atoms with Gasteiger partial charge in [0, 0.05) is 6.21 Å². The van der Waals surface area contributed by atoms with E-state index in [0.717, 1.165) is 0 Å². The van der Waals surface area contributed by atoms with Gasteiger partial charge in [-0.2, -0.15) is 0 Å². The Morgan fingerprint density at radius 2 is 2.27 bits per heavy atom. The molecule has 7 heteroatoms. The number of nitrogen functional groups attached to an aromatic ring is 1. The van der Waals surface area contributed by atoms with Crippen molar-refractivity contribution < 1.29 is 13.9 Å². The average molecular weight is 300 g/mol. The number of nitrogens with zero attached hydrogens (tertiary/aromatic N) is 3. The van der Waals surface area contributed by atoms with Gasteiger partial charge in [0.05, 0.1) is 18.6 Å². The largest absolute Gasteiger partial charge is 0.465 e. The van der Waals surface area contributed by atoms with Crippen molar-refractivity contribution in [2.45, 2.75) is 19.8 Å². The Kier molecular flexibility index (Phi) is 3.62. The maximum atomic E-state index is 12.2. The Morgan fingerprint density at radius 3 is 2.95 bits per heavy atom. The van der Waals surface area contributed by atoms with Crippen LogP contribution in [0.25, 0.3) is 11.5 Å². The number of furan rings is 1. The maximum Gasteiger partial charge on any atom is 0.320 e. The lowest BCUT2D eigenvalue weighted by molar-refractivity contribution is -0.144. The second kappa shape index (κ2) is 5.59. The van der Waals surface area contributed by atoms with Crippen molar-refractivity contribution in [3.8, 4) is 11.5 Å². The first kappa shape index (κ1) is 14.2. The van der Waals surface area contributed by atoms with Crippen molar-refractivity contribution in [2.75, 3.05) is 12.3 Å². The molecular formula is C15H16N4O3. The van der Waals surface area contributed by atoms with E-state index >= 15 is 0 Å². The minimum absolute atomic E-state index is 0.0670. The van der Waals surface area contributed by atoms with Crippen LogP contribution in [0.4, 0.5) is 11.6 Å². The van der Waals surface area contributed by atoms with Gasteiger partial charge in [-0.15, -0.1) is 0 Å². The number of aliphatic imine (C=N–C) groups is 1. The molecule has 3 heterocycles. The number of fused-ring (bicyclic) bond motifs is 1. The molecule has 22 heavy (non-hydrogen) atoms. The van der Waals surface area contributed by atoms with E-state index in [1.165, 1.54) is 12.5 Å². The molecular weight excluding hydrogens is 284 g/mol. The van der Waals surface area contributed by atoms with E-state index in [2.05, 4.69) is 15.0 Å². The summed E-state index contributed by atoms with van der Waals surface area (Å²) in [7, 11) is 0. The first-order valence-electron chi connectivity index (χ1n) is 6.98. The van der Waals surface area contributed by atoms with Crippen LogP contribution < -0.4 is 5.73 Å². The molecule has 0 aliphatic carbocycles. The summed E-state index contributed by atoms with van der Waals surface area (Å²) in [5, 5.41) is 0. The first-order chi connectivity index (χ1) is 10.6. The number of ether oxygens (including phenoxy) is 1. The summed E-state index contributed by atoms with van der Waals surface area (Å²) < 4.78 is 10.6. The van der Waals surface area contributed by atoms with Crippen LogP contribution in [0.2, 0.25) is 0 Å². The molecule has 1 aliphatic heterocycles. The second-order valence-electron chi connectivity index (χ2n) is 5.42. The third-order valence-electron chi connectivity index (χ3n) is 3.14.